The summed E-state index contributed by atoms with van der Waals surface area (Å²) in [5.74, 6) is -1.20. The molecule has 0 aliphatic carbocycles. The van der Waals surface area contributed by atoms with Crippen LogP contribution in [0.15, 0.2) is 36.7 Å². The summed E-state index contributed by atoms with van der Waals surface area (Å²) in [5, 5.41) is 19.8. The Labute approximate surface area is 120 Å². The molecule has 0 saturated heterocycles. The van der Waals surface area contributed by atoms with Crippen molar-refractivity contribution in [2.45, 2.75) is 13.5 Å². The van der Waals surface area contributed by atoms with Gasteiger partial charge in [0.2, 0.25) is 0 Å². The Morgan fingerprint density at radius 2 is 2.14 bits per heavy atom. The number of pyridine rings is 1. The SMILES string of the molecule is Cc1cncc(COc2ccc([N+](=O)[O-])cc2C(=O)O)c1. The molecule has 7 nitrogen and oxygen atoms in total. The summed E-state index contributed by atoms with van der Waals surface area (Å²) in [4.78, 5) is 25.2. The smallest absolute Gasteiger partial charge is 0.339 e. The van der Waals surface area contributed by atoms with E-state index in [0.717, 1.165) is 17.2 Å². The van der Waals surface area contributed by atoms with Crippen molar-refractivity contribution >= 4 is 11.7 Å². The van der Waals surface area contributed by atoms with Crippen LogP contribution < -0.4 is 4.74 Å². The molecule has 1 N–H and O–H groups in total. The Kier molecular flexibility index (Phi) is 4.13. The van der Waals surface area contributed by atoms with E-state index in [2.05, 4.69) is 4.98 Å². The van der Waals surface area contributed by atoms with Gasteiger partial charge in [-0.05, 0) is 24.6 Å². The maximum Gasteiger partial charge on any atom is 0.339 e. The number of carboxylic acids is 1. The van der Waals surface area contributed by atoms with Gasteiger partial charge in [0.05, 0.1) is 4.92 Å². The fourth-order valence-electron chi connectivity index (χ4n) is 1.78. The second-order valence-corrected chi connectivity index (χ2v) is 4.40. The third-order valence-corrected chi connectivity index (χ3v) is 2.73. The monoisotopic (exact) mass is 288 g/mol. The molecular weight excluding hydrogens is 276 g/mol. The number of carbonyl (C=O) groups is 1. The number of hydrogen-bond acceptors (Lipinski definition) is 5. The number of ether oxygens (including phenoxy) is 1. The topological polar surface area (TPSA) is 103 Å². The highest BCUT2D eigenvalue weighted by atomic mass is 16.6. The highest BCUT2D eigenvalue weighted by Gasteiger charge is 2.17. The standard InChI is InChI=1S/C14H12N2O5/c1-9-4-10(7-15-6-9)8-21-13-3-2-11(16(19)20)5-12(13)14(17)18/h2-7H,8H2,1H3,(H,17,18). The van der Waals surface area contributed by atoms with Crippen LogP contribution >= 0.6 is 0 Å². The largest absolute Gasteiger partial charge is 0.488 e. The summed E-state index contributed by atoms with van der Waals surface area (Å²) < 4.78 is 5.43. The van der Waals surface area contributed by atoms with Crippen LogP contribution in [0.2, 0.25) is 0 Å². The maximum atomic E-state index is 11.1. The molecule has 0 unspecified atom stereocenters. The molecule has 1 aromatic heterocycles. The number of rotatable bonds is 5. The van der Waals surface area contributed by atoms with Gasteiger partial charge < -0.3 is 9.84 Å². The average Bonchev–Trinajstić information content (AvgIpc) is 2.44. The number of aromatic carboxylic acids is 1. The van der Waals surface area contributed by atoms with Gasteiger partial charge in [0.1, 0.15) is 17.9 Å². The van der Waals surface area contributed by atoms with Gasteiger partial charge in [-0.1, -0.05) is 0 Å². The van der Waals surface area contributed by atoms with Crippen molar-refractivity contribution in [2.75, 3.05) is 0 Å². The van der Waals surface area contributed by atoms with Gasteiger partial charge in [-0.2, -0.15) is 0 Å². The summed E-state index contributed by atoms with van der Waals surface area (Å²) in [5.41, 5.74) is 1.20. The van der Waals surface area contributed by atoms with Crippen molar-refractivity contribution < 1.29 is 19.6 Å². The van der Waals surface area contributed by atoms with E-state index in [1.165, 1.54) is 12.1 Å². The molecule has 1 aromatic carbocycles. The van der Waals surface area contributed by atoms with E-state index < -0.39 is 10.9 Å². The molecular formula is C14H12N2O5. The van der Waals surface area contributed by atoms with Gasteiger partial charge in [0.15, 0.2) is 0 Å². The minimum absolute atomic E-state index is 0.0783. The van der Waals surface area contributed by atoms with E-state index in [4.69, 9.17) is 9.84 Å². The molecule has 2 aromatic rings. The van der Waals surface area contributed by atoms with E-state index >= 15 is 0 Å². The number of hydrogen-bond donors (Lipinski definition) is 1. The normalized spacial score (nSPS) is 10.1. The zero-order valence-corrected chi connectivity index (χ0v) is 11.1. The second kappa shape index (κ2) is 6.00. The lowest BCUT2D eigenvalue weighted by Gasteiger charge is -2.09. The number of carboxylic acid groups (broad SMARTS) is 1. The lowest BCUT2D eigenvalue weighted by molar-refractivity contribution is -0.384. The third-order valence-electron chi connectivity index (χ3n) is 2.73. The first kappa shape index (κ1) is 14.4. The summed E-state index contributed by atoms with van der Waals surface area (Å²) in [7, 11) is 0. The molecule has 0 atom stereocenters. The molecule has 2 rings (SSSR count). The van der Waals surface area contributed by atoms with Crippen molar-refractivity contribution in [3.63, 3.8) is 0 Å². The number of aromatic nitrogens is 1. The molecule has 0 bridgehead atoms. The molecule has 0 amide bonds. The van der Waals surface area contributed by atoms with Gasteiger partial charge in [-0.15, -0.1) is 0 Å². The average molecular weight is 288 g/mol. The first-order valence-electron chi connectivity index (χ1n) is 6.02. The van der Waals surface area contributed by atoms with Gasteiger partial charge in [-0.3, -0.25) is 15.1 Å². The predicted molar refractivity (Wildman–Crippen MR) is 73.4 cm³/mol. The molecule has 7 heteroatoms. The maximum absolute atomic E-state index is 11.1. The lowest BCUT2D eigenvalue weighted by Crippen LogP contribution is -2.04. The highest BCUT2D eigenvalue weighted by molar-refractivity contribution is 5.91. The number of nitro benzene ring substituents is 1. The number of nitro groups is 1. The van der Waals surface area contributed by atoms with Crippen molar-refractivity contribution in [3.8, 4) is 5.75 Å². The van der Waals surface area contributed by atoms with E-state index in [-0.39, 0.29) is 23.6 Å². The first-order chi connectivity index (χ1) is 9.97. The van der Waals surface area contributed by atoms with Crippen molar-refractivity contribution in [1.29, 1.82) is 0 Å². The molecule has 1 heterocycles. The molecule has 0 fully saturated rings. The third kappa shape index (κ3) is 3.53. The minimum atomic E-state index is -1.28. The molecule has 0 spiro atoms. The van der Waals surface area contributed by atoms with Crippen LogP contribution in [-0.4, -0.2) is 21.0 Å². The Bertz CT molecular complexity index is 700. The molecule has 108 valence electrons. The summed E-state index contributed by atoms with van der Waals surface area (Å²) in [6.07, 6.45) is 3.30. The quantitative estimate of drug-likeness (QED) is 0.670. The van der Waals surface area contributed by atoms with E-state index in [1.54, 1.807) is 12.4 Å². The molecule has 0 aliphatic rings. The Hall–Kier alpha value is -2.96. The zero-order chi connectivity index (χ0) is 15.4. The fraction of sp³-hybridized carbons (Fsp3) is 0.143. The van der Waals surface area contributed by atoms with Crippen molar-refractivity contribution in [3.05, 3.63) is 63.5 Å². The van der Waals surface area contributed by atoms with Gasteiger partial charge in [0.25, 0.3) is 5.69 Å². The van der Waals surface area contributed by atoms with Crippen LogP contribution in [0, 0.1) is 17.0 Å². The first-order valence-corrected chi connectivity index (χ1v) is 6.02. The number of non-ortho nitro benzene ring substituents is 1. The highest BCUT2D eigenvalue weighted by Crippen LogP contribution is 2.25. The lowest BCUT2D eigenvalue weighted by atomic mass is 10.1. The molecule has 0 saturated carbocycles. The van der Waals surface area contributed by atoms with Crippen LogP contribution in [0.25, 0.3) is 0 Å². The number of nitrogens with zero attached hydrogens (tertiary/aromatic N) is 2. The molecule has 0 aliphatic heterocycles. The summed E-state index contributed by atoms with van der Waals surface area (Å²) in [6, 6.07) is 5.33. The number of aryl methyl sites for hydroxylation is 1. The van der Waals surface area contributed by atoms with E-state index in [0.29, 0.717) is 0 Å². The van der Waals surface area contributed by atoms with Crippen LogP contribution in [-0.2, 0) is 6.61 Å². The van der Waals surface area contributed by atoms with Crippen LogP contribution in [0.4, 0.5) is 5.69 Å². The van der Waals surface area contributed by atoms with Crippen LogP contribution in [0.5, 0.6) is 5.75 Å². The van der Waals surface area contributed by atoms with Gasteiger partial charge >= 0.3 is 5.97 Å². The van der Waals surface area contributed by atoms with E-state index in [9.17, 15) is 14.9 Å². The minimum Gasteiger partial charge on any atom is -0.488 e. The van der Waals surface area contributed by atoms with Gasteiger partial charge in [-0.25, -0.2) is 4.79 Å². The predicted octanol–water partition coefficient (Wildman–Crippen LogP) is 2.58. The van der Waals surface area contributed by atoms with Gasteiger partial charge in [0, 0.05) is 30.1 Å². The Balaban J connectivity index is 2.23. The fourth-order valence-corrected chi connectivity index (χ4v) is 1.78. The Morgan fingerprint density at radius 3 is 2.76 bits per heavy atom. The number of benzene rings is 1. The molecule has 0 radical (unpaired) electrons. The van der Waals surface area contributed by atoms with Crippen LogP contribution in [0.3, 0.4) is 0 Å². The Morgan fingerprint density at radius 1 is 1.38 bits per heavy atom. The molecule has 21 heavy (non-hydrogen) atoms. The van der Waals surface area contributed by atoms with Crippen molar-refractivity contribution in [2.24, 2.45) is 0 Å². The second-order valence-electron chi connectivity index (χ2n) is 4.40. The van der Waals surface area contributed by atoms with Crippen molar-refractivity contribution in [1.82, 2.24) is 4.98 Å². The summed E-state index contributed by atoms with van der Waals surface area (Å²) in [6.45, 7) is 2.01. The van der Waals surface area contributed by atoms with E-state index in [1.807, 2.05) is 13.0 Å². The summed E-state index contributed by atoms with van der Waals surface area (Å²) >= 11 is 0. The zero-order valence-electron chi connectivity index (χ0n) is 11.1. The van der Waals surface area contributed by atoms with Crippen LogP contribution in [0.1, 0.15) is 21.5 Å².